The molecule has 4 aliphatic rings. The fourth-order valence-electron chi connectivity index (χ4n) is 5.54. The van der Waals surface area contributed by atoms with E-state index in [0.717, 1.165) is 43.6 Å². The lowest BCUT2D eigenvalue weighted by atomic mass is 9.54. The van der Waals surface area contributed by atoms with Gasteiger partial charge in [0.15, 0.2) is 21.4 Å². The first-order chi connectivity index (χ1) is 17.5. The fraction of sp³-hybridized carbons (Fsp3) is 0.542. The molecular weight excluding hydrogens is 512 g/mol. The molecule has 1 amide bonds. The van der Waals surface area contributed by atoms with Crippen molar-refractivity contribution in [3.8, 4) is 17.5 Å². The highest BCUT2D eigenvalue weighted by Gasteiger charge is 2.70. The number of aromatic nitrogens is 2. The number of rotatable bonds is 6. The predicted molar refractivity (Wildman–Crippen MR) is 122 cm³/mol. The number of halogens is 2. The summed E-state index contributed by atoms with van der Waals surface area (Å²) in [7, 11) is -3.63. The van der Waals surface area contributed by atoms with Crippen LogP contribution in [0.15, 0.2) is 29.4 Å². The van der Waals surface area contributed by atoms with Gasteiger partial charge < -0.3 is 23.8 Å². The highest BCUT2D eigenvalue weighted by Crippen LogP contribution is 2.60. The molecule has 0 radical (unpaired) electrons. The molecule has 37 heavy (non-hydrogen) atoms. The first-order valence-electron chi connectivity index (χ1n) is 11.9. The van der Waals surface area contributed by atoms with E-state index in [1.807, 2.05) is 6.92 Å². The number of carbonyl (C=O) groups is 1. The van der Waals surface area contributed by atoms with Gasteiger partial charge in [0.1, 0.15) is 18.0 Å². The molecule has 2 aliphatic carbocycles. The maximum atomic E-state index is 15.3. The van der Waals surface area contributed by atoms with Gasteiger partial charge in [-0.25, -0.2) is 17.6 Å². The van der Waals surface area contributed by atoms with Crippen molar-refractivity contribution in [3.63, 3.8) is 0 Å². The number of likely N-dealkylation sites (tertiary alicyclic amines) is 1. The predicted octanol–water partition coefficient (Wildman–Crippen LogP) is 2.97. The molecule has 0 bridgehead atoms. The molecule has 4 fully saturated rings. The van der Waals surface area contributed by atoms with Gasteiger partial charge in [-0.2, -0.15) is 14.4 Å². The highest BCUT2D eigenvalue weighted by atomic mass is 32.2. The number of carbonyl (C=O) groups excluding carboxylic acids is 1. The van der Waals surface area contributed by atoms with Crippen LogP contribution >= 0.6 is 0 Å². The number of amides is 1. The normalized spacial score (nSPS) is 29.2. The topological polar surface area (TPSA) is 117 Å². The second-order valence-electron chi connectivity index (χ2n) is 10.5. The van der Waals surface area contributed by atoms with Gasteiger partial charge in [-0.1, -0.05) is 0 Å². The Kier molecular flexibility index (Phi) is 5.40. The molecule has 3 heterocycles. The zero-order chi connectivity index (χ0) is 26.2. The molecule has 13 heteroatoms. The smallest absolute Gasteiger partial charge is 0.410 e. The van der Waals surface area contributed by atoms with E-state index in [1.165, 1.54) is 0 Å². The van der Waals surface area contributed by atoms with Crippen LogP contribution in [0, 0.1) is 28.9 Å². The Bertz CT molecular complexity index is 1390. The summed E-state index contributed by atoms with van der Waals surface area (Å²) in [5.74, 6) is -3.52. The summed E-state index contributed by atoms with van der Waals surface area (Å²) in [6.45, 7) is 3.68. The molecule has 198 valence electrons. The number of benzene rings is 1. The molecule has 4 unspecified atom stereocenters. The van der Waals surface area contributed by atoms with E-state index in [0.29, 0.717) is 26.3 Å². The Hall–Kier alpha value is -3.06. The van der Waals surface area contributed by atoms with Gasteiger partial charge >= 0.3 is 6.09 Å². The van der Waals surface area contributed by atoms with Gasteiger partial charge in [0.05, 0.1) is 18.1 Å². The summed E-state index contributed by atoms with van der Waals surface area (Å²) in [5.41, 5.74) is -0.662. The molecule has 6 rings (SSSR count). The summed E-state index contributed by atoms with van der Waals surface area (Å²) in [6, 6.07) is 3.02. The van der Waals surface area contributed by atoms with E-state index in [1.54, 1.807) is 4.90 Å². The van der Waals surface area contributed by atoms with Crippen molar-refractivity contribution in [2.24, 2.45) is 17.3 Å². The first-order valence-corrected chi connectivity index (χ1v) is 13.8. The molecule has 1 aromatic carbocycles. The van der Waals surface area contributed by atoms with Crippen molar-refractivity contribution >= 4 is 15.9 Å². The molecule has 4 atom stereocenters. The second-order valence-corrected chi connectivity index (χ2v) is 12.5. The number of ether oxygens (including phenoxy) is 4. The standard InChI is InChI=1S/C24H25F2N3O7S/c1-23(5-6-23)36-22(30)29-8-14-19(15-9-33-11-24(14,15)10-29)35-21-18(26)20(27-12-28-21)34-17-4-3-13(7-16(17)25)37(2,31)32/h3-4,7,12,14-15,19H,5-6,8-11H2,1-2H3. The Labute approximate surface area is 211 Å². The van der Waals surface area contributed by atoms with Gasteiger partial charge in [-0.3, -0.25) is 0 Å². The van der Waals surface area contributed by atoms with Crippen molar-refractivity contribution in [3.05, 3.63) is 36.2 Å². The van der Waals surface area contributed by atoms with Crippen LogP contribution in [0.1, 0.15) is 19.8 Å². The molecule has 2 aromatic rings. The number of hydrogen-bond acceptors (Lipinski definition) is 9. The quantitative estimate of drug-likeness (QED) is 0.548. The van der Waals surface area contributed by atoms with Gasteiger partial charge in [0.2, 0.25) is 5.82 Å². The van der Waals surface area contributed by atoms with E-state index in [2.05, 4.69) is 9.97 Å². The minimum Gasteiger partial charge on any atom is -0.471 e. The summed E-state index contributed by atoms with van der Waals surface area (Å²) in [6.07, 6.45) is 2.85. The third kappa shape index (κ3) is 4.08. The monoisotopic (exact) mass is 537 g/mol. The lowest BCUT2D eigenvalue weighted by Gasteiger charge is -2.51. The fourth-order valence-corrected chi connectivity index (χ4v) is 6.17. The average Bonchev–Trinajstić information content (AvgIpc) is 3.31. The van der Waals surface area contributed by atoms with Crippen LogP contribution in [0.3, 0.4) is 0 Å². The third-order valence-corrected chi connectivity index (χ3v) is 9.01. The average molecular weight is 538 g/mol. The Morgan fingerprint density at radius 1 is 1.19 bits per heavy atom. The van der Waals surface area contributed by atoms with Gasteiger partial charge in [-0.05, 0) is 38.0 Å². The first kappa shape index (κ1) is 24.3. The summed E-state index contributed by atoms with van der Waals surface area (Å²) in [5, 5.41) is 0. The van der Waals surface area contributed by atoms with Crippen molar-refractivity contribution in [1.82, 2.24) is 14.9 Å². The van der Waals surface area contributed by atoms with Crippen LogP contribution < -0.4 is 9.47 Å². The van der Waals surface area contributed by atoms with Crippen LogP contribution in [0.4, 0.5) is 13.6 Å². The molecular formula is C24H25F2N3O7S. The summed E-state index contributed by atoms with van der Waals surface area (Å²) in [4.78, 5) is 21.8. The molecule has 1 spiro atoms. The minimum atomic E-state index is -3.63. The summed E-state index contributed by atoms with van der Waals surface area (Å²) >= 11 is 0. The molecule has 2 aliphatic heterocycles. The van der Waals surface area contributed by atoms with Gasteiger partial charge in [-0.15, -0.1) is 0 Å². The maximum Gasteiger partial charge on any atom is 0.410 e. The Morgan fingerprint density at radius 2 is 1.95 bits per heavy atom. The van der Waals surface area contributed by atoms with E-state index >= 15 is 4.39 Å². The van der Waals surface area contributed by atoms with Gasteiger partial charge in [0.25, 0.3) is 11.8 Å². The zero-order valence-corrected chi connectivity index (χ0v) is 21.0. The minimum absolute atomic E-state index is 0.0634. The van der Waals surface area contributed by atoms with Crippen LogP contribution in [-0.2, 0) is 19.3 Å². The SMILES string of the molecule is CC1(OC(=O)N2CC3C(Oc4ncnc(Oc5ccc(S(C)(=O)=O)cc5F)c4F)C4COCC43C2)CC1. The molecule has 10 nitrogen and oxygen atoms in total. The van der Waals surface area contributed by atoms with Crippen LogP contribution in [0.2, 0.25) is 0 Å². The zero-order valence-electron chi connectivity index (χ0n) is 20.1. The summed E-state index contributed by atoms with van der Waals surface area (Å²) < 4.78 is 75.6. The van der Waals surface area contributed by atoms with E-state index in [4.69, 9.17) is 18.9 Å². The third-order valence-electron chi connectivity index (χ3n) is 7.90. The van der Waals surface area contributed by atoms with Crippen molar-refractivity contribution in [2.45, 2.75) is 36.4 Å². The Morgan fingerprint density at radius 3 is 2.65 bits per heavy atom. The lowest BCUT2D eigenvalue weighted by Crippen LogP contribution is -2.61. The van der Waals surface area contributed by atoms with E-state index in [-0.39, 0.29) is 39.7 Å². The second kappa shape index (κ2) is 8.22. The number of hydrogen-bond donors (Lipinski definition) is 0. The van der Waals surface area contributed by atoms with Crippen molar-refractivity contribution in [2.75, 3.05) is 32.6 Å². The van der Waals surface area contributed by atoms with Crippen LogP contribution in [0.5, 0.6) is 17.5 Å². The number of sulfone groups is 1. The van der Waals surface area contributed by atoms with Crippen molar-refractivity contribution < 1.29 is 40.9 Å². The molecule has 2 saturated carbocycles. The van der Waals surface area contributed by atoms with E-state index in [9.17, 15) is 17.6 Å². The Balaban J connectivity index is 1.19. The largest absolute Gasteiger partial charge is 0.471 e. The van der Waals surface area contributed by atoms with Crippen molar-refractivity contribution in [1.29, 1.82) is 0 Å². The number of nitrogens with zero attached hydrogens (tertiary/aromatic N) is 3. The van der Waals surface area contributed by atoms with Gasteiger partial charge in [0, 0.05) is 36.6 Å². The van der Waals surface area contributed by atoms with E-state index < -0.39 is 39.2 Å². The molecule has 1 aromatic heterocycles. The highest BCUT2D eigenvalue weighted by molar-refractivity contribution is 7.90. The van der Waals surface area contributed by atoms with Crippen LogP contribution in [0.25, 0.3) is 0 Å². The molecule has 2 saturated heterocycles. The lowest BCUT2D eigenvalue weighted by molar-refractivity contribution is -0.103. The van der Waals surface area contributed by atoms with Crippen LogP contribution in [-0.4, -0.2) is 73.6 Å². The molecule has 0 N–H and O–H groups in total. The maximum absolute atomic E-state index is 15.3.